The summed E-state index contributed by atoms with van der Waals surface area (Å²) in [6.07, 6.45) is 0.600. The molecule has 0 N–H and O–H groups in total. The van der Waals surface area contributed by atoms with E-state index in [0.29, 0.717) is 43.1 Å². The van der Waals surface area contributed by atoms with E-state index in [9.17, 15) is 18.0 Å². The van der Waals surface area contributed by atoms with Gasteiger partial charge in [0.1, 0.15) is 12.3 Å². The number of aromatic nitrogens is 3. The SMILES string of the molecule is Cc1cc(C(F)(F)F)nn1CC(=O)N1CCC(c2nc(C3=NO[C@H](c4c(Cl)cccc4S(C)=NC#N)C3)cs2)CC1. The molecule has 2 atom stereocenters. The molecule has 0 spiro atoms. The second-order valence-corrected chi connectivity index (χ2v) is 12.6. The number of benzene rings is 1. The van der Waals surface area contributed by atoms with Gasteiger partial charge in [0.15, 0.2) is 11.8 Å². The smallest absolute Gasteiger partial charge is 0.387 e. The van der Waals surface area contributed by atoms with Crippen molar-refractivity contribution < 1.29 is 22.8 Å². The van der Waals surface area contributed by atoms with Gasteiger partial charge in [0.25, 0.3) is 0 Å². The van der Waals surface area contributed by atoms with Crippen LogP contribution in [0.4, 0.5) is 13.2 Å². The minimum atomic E-state index is -4.55. The van der Waals surface area contributed by atoms with Gasteiger partial charge < -0.3 is 9.74 Å². The largest absolute Gasteiger partial charge is 0.435 e. The van der Waals surface area contributed by atoms with Gasteiger partial charge in [-0.3, -0.25) is 9.48 Å². The quantitative estimate of drug-likeness (QED) is 0.319. The first kappa shape index (κ1) is 29.2. The van der Waals surface area contributed by atoms with Crippen LogP contribution in [0.3, 0.4) is 0 Å². The molecule has 2 aliphatic heterocycles. The zero-order valence-electron chi connectivity index (χ0n) is 22.1. The van der Waals surface area contributed by atoms with Gasteiger partial charge in [-0.1, -0.05) is 33.5 Å². The lowest BCUT2D eigenvalue weighted by atomic mass is 9.97. The molecule has 41 heavy (non-hydrogen) atoms. The zero-order chi connectivity index (χ0) is 29.3. The first-order valence-electron chi connectivity index (χ1n) is 12.7. The molecule has 216 valence electrons. The van der Waals surface area contributed by atoms with Crippen molar-refractivity contribution in [2.75, 3.05) is 19.3 Å². The summed E-state index contributed by atoms with van der Waals surface area (Å²) >= 11 is 8.05. The maximum atomic E-state index is 13.0. The zero-order valence-corrected chi connectivity index (χ0v) is 24.4. The molecule has 1 aromatic carbocycles. The highest BCUT2D eigenvalue weighted by molar-refractivity contribution is 7.86. The van der Waals surface area contributed by atoms with Gasteiger partial charge in [0, 0.05) is 52.0 Å². The molecule has 1 unspecified atom stereocenters. The van der Waals surface area contributed by atoms with Crippen LogP contribution in [0.25, 0.3) is 0 Å². The minimum Gasteiger partial charge on any atom is -0.387 e. The number of likely N-dealkylation sites (tertiary alicyclic amines) is 1. The Labute approximate surface area is 245 Å². The van der Waals surface area contributed by atoms with Gasteiger partial charge in [-0.15, -0.1) is 15.7 Å². The van der Waals surface area contributed by atoms with Crippen molar-refractivity contribution in [3.63, 3.8) is 0 Å². The molecule has 2 aromatic heterocycles. The van der Waals surface area contributed by atoms with Crippen molar-refractivity contribution in [1.29, 1.82) is 5.26 Å². The fourth-order valence-corrected chi connectivity index (χ4v) is 7.31. The second kappa shape index (κ2) is 11.9. The highest BCUT2D eigenvalue weighted by Gasteiger charge is 2.35. The number of carbonyl (C=O) groups excluding carboxylic acids is 1. The molecule has 4 heterocycles. The van der Waals surface area contributed by atoms with Crippen LogP contribution in [0.5, 0.6) is 0 Å². The number of rotatable bonds is 6. The monoisotopic (exact) mass is 623 g/mol. The van der Waals surface area contributed by atoms with Crippen molar-refractivity contribution in [2.45, 2.75) is 55.8 Å². The normalized spacial score (nSPS) is 18.7. The van der Waals surface area contributed by atoms with E-state index >= 15 is 0 Å². The number of nitrogens with zero attached hydrogens (tertiary/aromatic N) is 7. The standard InChI is InChI=1S/C26H25ClF3N7O2S2/c1-15-10-22(26(28,29)30)34-37(15)12-23(38)36-8-6-16(7-9-36)25-33-19(13-40-25)18-11-20(39-35-18)24-17(27)4-3-5-21(24)41(2)32-14-31/h3-5,10,13,16,20H,6-9,11-12H2,1-2H3/t20-,41?/m0/s1. The first-order chi connectivity index (χ1) is 19.5. The number of nitriles is 1. The average Bonchev–Trinajstić information content (AvgIpc) is 3.69. The number of aryl methyl sites for hydroxylation is 1. The minimum absolute atomic E-state index is 0.157. The molecule has 1 saturated heterocycles. The number of amides is 1. The molecule has 0 radical (unpaired) electrons. The summed E-state index contributed by atoms with van der Waals surface area (Å²) in [5, 5.41) is 20.3. The topological polar surface area (TPSA) is 109 Å². The number of oxime groups is 1. The van der Waals surface area contributed by atoms with E-state index in [2.05, 4.69) is 14.6 Å². The van der Waals surface area contributed by atoms with Crippen LogP contribution < -0.4 is 0 Å². The van der Waals surface area contributed by atoms with Gasteiger partial charge in [-0.2, -0.15) is 23.5 Å². The highest BCUT2D eigenvalue weighted by atomic mass is 35.5. The Balaban J connectivity index is 1.19. The maximum Gasteiger partial charge on any atom is 0.435 e. The van der Waals surface area contributed by atoms with Crippen LogP contribution in [-0.4, -0.2) is 50.6 Å². The molecular weight excluding hydrogens is 599 g/mol. The van der Waals surface area contributed by atoms with Crippen LogP contribution in [-0.2, 0) is 33.0 Å². The number of thiazole rings is 1. The predicted octanol–water partition coefficient (Wildman–Crippen LogP) is 5.86. The lowest BCUT2D eigenvalue weighted by Gasteiger charge is -2.31. The van der Waals surface area contributed by atoms with Crippen LogP contribution in [0, 0.1) is 18.4 Å². The van der Waals surface area contributed by atoms with E-state index in [-0.39, 0.29) is 24.1 Å². The summed E-state index contributed by atoms with van der Waals surface area (Å²) in [5.41, 5.74) is 1.49. The summed E-state index contributed by atoms with van der Waals surface area (Å²) in [6, 6.07) is 6.43. The molecular formula is C26H25ClF3N7O2S2. The van der Waals surface area contributed by atoms with E-state index in [0.717, 1.165) is 31.9 Å². The molecule has 9 nitrogen and oxygen atoms in total. The van der Waals surface area contributed by atoms with Gasteiger partial charge in [0.05, 0.1) is 10.7 Å². The fourth-order valence-electron chi connectivity index (χ4n) is 4.90. The molecule has 3 aromatic rings. The van der Waals surface area contributed by atoms with E-state index in [1.165, 1.54) is 18.3 Å². The molecule has 1 fully saturated rings. The molecule has 0 saturated carbocycles. The number of piperidine rings is 1. The molecule has 2 aliphatic rings. The van der Waals surface area contributed by atoms with Gasteiger partial charge >= 0.3 is 6.18 Å². The number of alkyl halides is 3. The summed E-state index contributed by atoms with van der Waals surface area (Å²) in [7, 11) is -0.671. The number of hydrogen-bond acceptors (Lipinski definition) is 8. The highest BCUT2D eigenvalue weighted by Crippen LogP contribution is 2.38. The number of carbonyl (C=O) groups is 1. The molecule has 15 heteroatoms. The molecule has 0 bridgehead atoms. The third-order valence-electron chi connectivity index (χ3n) is 7.07. The van der Waals surface area contributed by atoms with E-state index in [1.807, 2.05) is 30.0 Å². The van der Waals surface area contributed by atoms with E-state index in [1.54, 1.807) is 11.0 Å². The van der Waals surface area contributed by atoms with Crippen LogP contribution in [0.1, 0.15) is 58.9 Å². The van der Waals surface area contributed by atoms with Crippen LogP contribution >= 0.6 is 22.9 Å². The molecule has 0 aliphatic carbocycles. The number of halogens is 4. The third-order valence-corrected chi connectivity index (χ3v) is 9.76. The lowest BCUT2D eigenvalue weighted by molar-refractivity contribution is -0.142. The summed E-state index contributed by atoms with van der Waals surface area (Å²) in [4.78, 5) is 25.9. The van der Waals surface area contributed by atoms with Crippen LogP contribution in [0.2, 0.25) is 5.02 Å². The Morgan fingerprint density at radius 3 is 2.78 bits per heavy atom. The molecule has 1 amide bonds. The van der Waals surface area contributed by atoms with E-state index in [4.69, 9.17) is 26.7 Å². The Morgan fingerprint density at radius 1 is 1.34 bits per heavy atom. The first-order valence-corrected chi connectivity index (χ1v) is 15.5. The summed E-state index contributed by atoms with van der Waals surface area (Å²) < 4.78 is 43.9. The van der Waals surface area contributed by atoms with Gasteiger partial charge in [0.2, 0.25) is 12.1 Å². The van der Waals surface area contributed by atoms with Crippen LogP contribution in [0.15, 0.2) is 44.1 Å². The lowest BCUT2D eigenvalue weighted by Crippen LogP contribution is -2.40. The summed E-state index contributed by atoms with van der Waals surface area (Å²) in [5.74, 6) is -0.104. The Morgan fingerprint density at radius 2 is 2.10 bits per heavy atom. The Kier molecular flexibility index (Phi) is 8.49. The summed E-state index contributed by atoms with van der Waals surface area (Å²) in [6.45, 7) is 2.24. The van der Waals surface area contributed by atoms with Gasteiger partial charge in [-0.25, -0.2) is 4.98 Å². The average molecular weight is 624 g/mol. The van der Waals surface area contributed by atoms with Crippen molar-refractivity contribution in [2.24, 2.45) is 9.52 Å². The maximum absolute atomic E-state index is 13.0. The predicted molar refractivity (Wildman–Crippen MR) is 149 cm³/mol. The van der Waals surface area contributed by atoms with Gasteiger partial charge in [-0.05, 0) is 44.2 Å². The fraction of sp³-hybridized carbons (Fsp3) is 0.423. The van der Waals surface area contributed by atoms with Crippen molar-refractivity contribution >= 4 is 45.2 Å². The van der Waals surface area contributed by atoms with Crippen molar-refractivity contribution in [3.05, 3.63) is 62.3 Å². The Hall–Kier alpha value is -3.28. The number of hydrogen-bond donors (Lipinski definition) is 0. The molecule has 5 rings (SSSR count). The van der Waals surface area contributed by atoms with E-state index < -0.39 is 28.7 Å². The Bertz CT molecular complexity index is 1570. The van der Waals surface area contributed by atoms with Crippen molar-refractivity contribution in [1.82, 2.24) is 19.7 Å². The second-order valence-electron chi connectivity index (χ2n) is 9.71. The van der Waals surface area contributed by atoms with Crippen molar-refractivity contribution in [3.8, 4) is 6.19 Å². The third kappa shape index (κ3) is 6.32.